The molecule has 0 atom stereocenters. The van der Waals surface area contributed by atoms with Gasteiger partial charge in [-0.25, -0.2) is 0 Å². The molecule has 0 unspecified atom stereocenters. The SMILES string of the molecule is c1ccc2c(c1)c1ccccc1n2-c1ccc(-c2ccc3c(c2)Oc2cccc4c5cc(-c6ccc(-n7c8ccccc8c8ccccc87)cc6)ccc5n-3c24)cc1. The standard InChI is InChI=1S/C54H33N3O/c1-5-15-46-40(10-1)41-11-2-6-16-47(41)55(46)38-26-20-34(21-27-38)36-24-30-50-45(32-36)44-14-9-19-52-54(44)57(50)51-31-25-37(33-53(51)58-52)35-22-28-39(29-23-35)56-48-17-7-3-12-42(48)43-13-4-8-18-49(43)56/h1-33H. The maximum absolute atomic E-state index is 6.72. The summed E-state index contributed by atoms with van der Waals surface area (Å²) < 4.78 is 13.8. The minimum absolute atomic E-state index is 0.853. The van der Waals surface area contributed by atoms with E-state index in [-0.39, 0.29) is 0 Å². The molecular formula is C54H33N3O. The molecule has 0 saturated carbocycles. The van der Waals surface area contributed by atoms with E-state index < -0.39 is 0 Å². The maximum atomic E-state index is 6.72. The van der Waals surface area contributed by atoms with Gasteiger partial charge >= 0.3 is 0 Å². The maximum Gasteiger partial charge on any atom is 0.152 e. The van der Waals surface area contributed by atoms with Crippen molar-refractivity contribution in [3.8, 4) is 50.8 Å². The van der Waals surface area contributed by atoms with E-state index in [2.05, 4.69) is 214 Å². The van der Waals surface area contributed by atoms with Crippen LogP contribution in [0.25, 0.3) is 105 Å². The van der Waals surface area contributed by atoms with Crippen molar-refractivity contribution in [3.63, 3.8) is 0 Å². The fourth-order valence-electron chi connectivity index (χ4n) is 9.64. The van der Waals surface area contributed by atoms with E-state index in [1.54, 1.807) is 0 Å². The molecule has 0 amide bonds. The van der Waals surface area contributed by atoms with Crippen LogP contribution in [0.3, 0.4) is 0 Å². The number of aromatic nitrogens is 3. The lowest BCUT2D eigenvalue weighted by molar-refractivity contribution is 0.476. The third-order valence-electron chi connectivity index (χ3n) is 12.2. The summed E-state index contributed by atoms with van der Waals surface area (Å²) in [5, 5.41) is 7.47. The summed E-state index contributed by atoms with van der Waals surface area (Å²) in [6.07, 6.45) is 0. The quantitative estimate of drug-likeness (QED) is 0.176. The van der Waals surface area contributed by atoms with Gasteiger partial charge in [0.1, 0.15) is 0 Å². The Balaban J connectivity index is 0.868. The highest BCUT2D eigenvalue weighted by Gasteiger charge is 2.24. The van der Waals surface area contributed by atoms with Gasteiger partial charge in [-0.2, -0.15) is 0 Å². The average Bonchev–Trinajstić information content (AvgIpc) is 3.93. The molecule has 270 valence electrons. The summed E-state index contributed by atoms with van der Waals surface area (Å²) in [6, 6.07) is 72.4. The first-order valence-corrected chi connectivity index (χ1v) is 19.8. The number of nitrogens with zero attached hydrogens (tertiary/aromatic N) is 3. The van der Waals surface area contributed by atoms with Crippen LogP contribution in [-0.2, 0) is 0 Å². The largest absolute Gasteiger partial charge is 0.453 e. The summed E-state index contributed by atoms with van der Waals surface area (Å²) in [5.41, 5.74) is 15.1. The zero-order chi connectivity index (χ0) is 37.9. The molecule has 0 spiro atoms. The zero-order valence-electron chi connectivity index (χ0n) is 31.3. The van der Waals surface area contributed by atoms with E-state index in [0.29, 0.717) is 0 Å². The van der Waals surface area contributed by atoms with Crippen molar-refractivity contribution in [2.75, 3.05) is 0 Å². The van der Waals surface area contributed by atoms with Crippen LogP contribution in [0.4, 0.5) is 0 Å². The molecule has 1 aliphatic heterocycles. The predicted octanol–water partition coefficient (Wildman–Crippen LogP) is 14.4. The molecule has 12 aromatic rings. The van der Waals surface area contributed by atoms with Gasteiger partial charge in [0.2, 0.25) is 0 Å². The summed E-state index contributed by atoms with van der Waals surface area (Å²) >= 11 is 0. The van der Waals surface area contributed by atoms with Crippen LogP contribution in [0, 0.1) is 0 Å². The van der Waals surface area contributed by atoms with Crippen LogP contribution in [0.15, 0.2) is 200 Å². The lowest BCUT2D eigenvalue weighted by Gasteiger charge is -2.21. The number of hydrogen-bond acceptors (Lipinski definition) is 1. The Labute approximate surface area is 333 Å². The molecule has 1 aliphatic rings. The Morgan fingerprint density at radius 2 is 0.707 bits per heavy atom. The Kier molecular flexibility index (Phi) is 6.41. The monoisotopic (exact) mass is 739 g/mol. The number of para-hydroxylation sites is 5. The van der Waals surface area contributed by atoms with E-state index >= 15 is 0 Å². The van der Waals surface area contributed by atoms with Gasteiger partial charge < -0.3 is 18.4 Å². The second kappa shape index (κ2) is 11.8. The number of benzene rings is 9. The Morgan fingerprint density at radius 1 is 0.276 bits per heavy atom. The summed E-state index contributed by atoms with van der Waals surface area (Å²) in [5.74, 6) is 1.73. The Morgan fingerprint density at radius 3 is 1.24 bits per heavy atom. The van der Waals surface area contributed by atoms with Crippen molar-refractivity contribution in [1.29, 1.82) is 0 Å². The lowest BCUT2D eigenvalue weighted by Crippen LogP contribution is -2.04. The van der Waals surface area contributed by atoms with Gasteiger partial charge in [0, 0.05) is 43.7 Å². The van der Waals surface area contributed by atoms with Gasteiger partial charge in [0.05, 0.1) is 38.8 Å². The number of hydrogen-bond donors (Lipinski definition) is 0. The molecular weight excluding hydrogens is 707 g/mol. The molecule has 0 saturated heterocycles. The molecule has 9 aromatic carbocycles. The van der Waals surface area contributed by atoms with E-state index in [9.17, 15) is 0 Å². The van der Waals surface area contributed by atoms with E-state index in [4.69, 9.17) is 4.74 Å². The average molecular weight is 740 g/mol. The topological polar surface area (TPSA) is 24.0 Å². The molecule has 4 heteroatoms. The first kappa shape index (κ1) is 31.4. The predicted molar refractivity (Wildman–Crippen MR) is 240 cm³/mol. The molecule has 0 fully saturated rings. The van der Waals surface area contributed by atoms with Crippen molar-refractivity contribution in [3.05, 3.63) is 200 Å². The smallest absolute Gasteiger partial charge is 0.152 e. The van der Waals surface area contributed by atoms with Gasteiger partial charge in [-0.05, 0) is 101 Å². The molecule has 3 aromatic heterocycles. The second-order valence-corrected chi connectivity index (χ2v) is 15.3. The molecule has 13 rings (SSSR count). The van der Waals surface area contributed by atoms with Crippen LogP contribution in [-0.4, -0.2) is 13.7 Å². The molecule has 0 bridgehead atoms. The number of rotatable bonds is 4. The molecule has 0 radical (unpaired) electrons. The summed E-state index contributed by atoms with van der Waals surface area (Å²) in [6.45, 7) is 0. The minimum atomic E-state index is 0.853. The van der Waals surface area contributed by atoms with Gasteiger partial charge in [0.15, 0.2) is 11.5 Å². The van der Waals surface area contributed by atoms with Gasteiger partial charge in [-0.3, -0.25) is 0 Å². The normalized spacial score (nSPS) is 12.3. The third-order valence-corrected chi connectivity index (χ3v) is 12.2. The Hall–Kier alpha value is -7.82. The van der Waals surface area contributed by atoms with Gasteiger partial charge in [-0.15, -0.1) is 0 Å². The van der Waals surface area contributed by atoms with E-state index in [0.717, 1.165) is 45.2 Å². The van der Waals surface area contributed by atoms with E-state index in [1.165, 1.54) is 71.0 Å². The minimum Gasteiger partial charge on any atom is -0.453 e. The van der Waals surface area contributed by atoms with E-state index in [1.807, 2.05) is 0 Å². The fourth-order valence-corrected chi connectivity index (χ4v) is 9.64. The Bertz CT molecular complexity index is 3530. The molecule has 4 heterocycles. The number of fused-ring (bicyclic) bond motifs is 11. The lowest BCUT2D eigenvalue weighted by atomic mass is 10.0. The first-order valence-electron chi connectivity index (χ1n) is 19.8. The van der Waals surface area contributed by atoms with Crippen LogP contribution in [0.5, 0.6) is 11.5 Å². The zero-order valence-corrected chi connectivity index (χ0v) is 31.3. The van der Waals surface area contributed by atoms with Crippen molar-refractivity contribution >= 4 is 65.4 Å². The highest BCUT2D eigenvalue weighted by Crippen LogP contribution is 2.47. The van der Waals surface area contributed by atoms with Crippen LogP contribution in [0.2, 0.25) is 0 Å². The molecule has 0 aliphatic carbocycles. The van der Waals surface area contributed by atoms with Crippen molar-refractivity contribution in [1.82, 2.24) is 13.7 Å². The number of ether oxygens (including phenoxy) is 1. The molecule has 4 nitrogen and oxygen atoms in total. The van der Waals surface area contributed by atoms with Crippen molar-refractivity contribution in [2.24, 2.45) is 0 Å². The van der Waals surface area contributed by atoms with Crippen LogP contribution >= 0.6 is 0 Å². The van der Waals surface area contributed by atoms with Crippen molar-refractivity contribution in [2.45, 2.75) is 0 Å². The summed E-state index contributed by atoms with van der Waals surface area (Å²) in [7, 11) is 0. The van der Waals surface area contributed by atoms with Gasteiger partial charge in [-0.1, -0.05) is 121 Å². The summed E-state index contributed by atoms with van der Waals surface area (Å²) in [4.78, 5) is 0. The highest BCUT2D eigenvalue weighted by atomic mass is 16.5. The van der Waals surface area contributed by atoms with Crippen LogP contribution in [0.1, 0.15) is 0 Å². The fraction of sp³-hybridized carbons (Fsp3) is 0. The van der Waals surface area contributed by atoms with Gasteiger partial charge in [0.25, 0.3) is 0 Å². The highest BCUT2D eigenvalue weighted by molar-refractivity contribution is 6.14. The first-order chi connectivity index (χ1) is 28.8. The third kappa shape index (κ3) is 4.40. The molecule has 0 N–H and O–H groups in total. The van der Waals surface area contributed by atoms with Crippen molar-refractivity contribution < 1.29 is 4.74 Å². The van der Waals surface area contributed by atoms with Crippen LogP contribution < -0.4 is 4.74 Å². The second-order valence-electron chi connectivity index (χ2n) is 15.3. The molecule has 58 heavy (non-hydrogen) atoms.